The van der Waals surface area contributed by atoms with E-state index in [2.05, 4.69) is 21.2 Å². The quantitative estimate of drug-likeness (QED) is 0.896. The summed E-state index contributed by atoms with van der Waals surface area (Å²) in [5, 5.41) is 2.74. The summed E-state index contributed by atoms with van der Waals surface area (Å²) < 4.78 is 13.4. The van der Waals surface area contributed by atoms with Gasteiger partial charge in [-0.2, -0.15) is 0 Å². The predicted octanol–water partition coefficient (Wildman–Crippen LogP) is 3.31. The van der Waals surface area contributed by atoms with Gasteiger partial charge in [0.25, 0.3) is 0 Å². The van der Waals surface area contributed by atoms with Crippen LogP contribution >= 0.6 is 27.5 Å². The molecule has 94 valence electrons. The highest BCUT2D eigenvalue weighted by molar-refractivity contribution is 9.10. The van der Waals surface area contributed by atoms with Gasteiger partial charge in [0, 0.05) is 16.4 Å². The first kappa shape index (κ1) is 14.4. The van der Waals surface area contributed by atoms with E-state index >= 15 is 0 Å². The fourth-order valence-electron chi connectivity index (χ4n) is 1.26. The Balaban J connectivity index is 2.86. The third-order valence-electron chi connectivity index (χ3n) is 1.89. The number of hydrogen-bond donors (Lipinski definition) is 2. The van der Waals surface area contributed by atoms with Crippen LogP contribution in [0.4, 0.5) is 10.1 Å². The topological polar surface area (TPSA) is 55.1 Å². The van der Waals surface area contributed by atoms with Crippen molar-refractivity contribution in [3.63, 3.8) is 0 Å². The molecule has 1 aromatic carbocycles. The zero-order valence-electron chi connectivity index (χ0n) is 9.48. The zero-order chi connectivity index (χ0) is 13.2. The smallest absolute Gasteiger partial charge is 0.226 e. The first-order chi connectivity index (χ1) is 7.69. The summed E-state index contributed by atoms with van der Waals surface area (Å²) in [7, 11) is 0. The second-order valence-electron chi connectivity index (χ2n) is 4.46. The van der Waals surface area contributed by atoms with Gasteiger partial charge in [0.15, 0.2) is 0 Å². The summed E-state index contributed by atoms with van der Waals surface area (Å²) in [6.07, 6.45) is 0.146. The van der Waals surface area contributed by atoms with Crippen LogP contribution in [-0.4, -0.2) is 11.4 Å². The molecule has 3 N–H and O–H groups in total. The van der Waals surface area contributed by atoms with Gasteiger partial charge in [0.05, 0.1) is 10.7 Å². The molecule has 0 saturated heterocycles. The Morgan fingerprint density at radius 2 is 2.18 bits per heavy atom. The van der Waals surface area contributed by atoms with Crippen molar-refractivity contribution in [2.75, 3.05) is 5.32 Å². The van der Waals surface area contributed by atoms with Crippen molar-refractivity contribution in [1.29, 1.82) is 0 Å². The van der Waals surface area contributed by atoms with E-state index in [9.17, 15) is 9.18 Å². The van der Waals surface area contributed by atoms with Crippen molar-refractivity contribution >= 4 is 39.1 Å². The molecule has 0 atom stereocenters. The fourth-order valence-corrected chi connectivity index (χ4v) is 2.16. The van der Waals surface area contributed by atoms with Crippen molar-refractivity contribution in [3.05, 3.63) is 27.4 Å². The van der Waals surface area contributed by atoms with Gasteiger partial charge in [-0.05, 0) is 41.9 Å². The number of amides is 1. The highest BCUT2D eigenvalue weighted by atomic mass is 79.9. The summed E-state index contributed by atoms with van der Waals surface area (Å²) >= 11 is 8.97. The Bertz CT molecular complexity index is 423. The molecular weight excluding hydrogens is 310 g/mol. The molecule has 0 aliphatic heterocycles. The average Bonchev–Trinajstić information content (AvgIpc) is 2.08. The van der Waals surface area contributed by atoms with Gasteiger partial charge in [0.2, 0.25) is 5.91 Å². The standard InChI is InChI=1S/C11H13BrClFN2O/c1-11(2,15)5-9(17)16-10-7(12)3-6(14)4-8(10)13/h3-4H,5,15H2,1-2H3,(H,16,17). The molecule has 1 rings (SSSR count). The summed E-state index contributed by atoms with van der Waals surface area (Å²) in [5.74, 6) is -0.745. The number of carbonyl (C=O) groups is 1. The summed E-state index contributed by atoms with van der Waals surface area (Å²) in [6, 6.07) is 2.37. The summed E-state index contributed by atoms with van der Waals surface area (Å²) in [4.78, 5) is 11.7. The molecule has 3 nitrogen and oxygen atoms in total. The van der Waals surface area contributed by atoms with Crippen LogP contribution in [0.1, 0.15) is 20.3 Å². The minimum atomic E-state index is -0.608. The van der Waals surface area contributed by atoms with Gasteiger partial charge in [0.1, 0.15) is 5.82 Å². The van der Waals surface area contributed by atoms with E-state index < -0.39 is 11.4 Å². The van der Waals surface area contributed by atoms with E-state index in [0.717, 1.165) is 6.07 Å². The van der Waals surface area contributed by atoms with E-state index in [1.807, 2.05) is 0 Å². The zero-order valence-corrected chi connectivity index (χ0v) is 11.8. The van der Waals surface area contributed by atoms with Crippen molar-refractivity contribution < 1.29 is 9.18 Å². The van der Waals surface area contributed by atoms with E-state index in [4.69, 9.17) is 17.3 Å². The van der Waals surface area contributed by atoms with Gasteiger partial charge in [-0.15, -0.1) is 0 Å². The average molecular weight is 324 g/mol. The monoisotopic (exact) mass is 322 g/mol. The van der Waals surface area contributed by atoms with E-state index in [1.165, 1.54) is 6.07 Å². The molecule has 0 radical (unpaired) electrons. The number of carbonyl (C=O) groups excluding carboxylic acids is 1. The lowest BCUT2D eigenvalue weighted by molar-refractivity contribution is -0.117. The molecule has 0 fully saturated rings. The van der Waals surface area contributed by atoms with Crippen molar-refractivity contribution in [3.8, 4) is 0 Å². The molecule has 0 aromatic heterocycles. The SMILES string of the molecule is CC(C)(N)CC(=O)Nc1c(Cl)cc(F)cc1Br. The third-order valence-corrected chi connectivity index (χ3v) is 2.81. The first-order valence-electron chi connectivity index (χ1n) is 4.92. The van der Waals surface area contributed by atoms with Gasteiger partial charge in [-0.3, -0.25) is 4.79 Å². The van der Waals surface area contributed by atoms with Crippen LogP contribution in [0.15, 0.2) is 16.6 Å². The number of benzene rings is 1. The highest BCUT2D eigenvalue weighted by Gasteiger charge is 2.18. The van der Waals surface area contributed by atoms with Gasteiger partial charge >= 0.3 is 0 Å². The number of nitrogens with two attached hydrogens (primary N) is 1. The van der Waals surface area contributed by atoms with Crippen LogP contribution in [0.2, 0.25) is 5.02 Å². The molecule has 0 aliphatic rings. The van der Waals surface area contributed by atoms with Crippen molar-refractivity contribution in [1.82, 2.24) is 0 Å². The molecule has 0 unspecified atom stereocenters. The maximum atomic E-state index is 13.0. The Morgan fingerprint density at radius 3 is 2.65 bits per heavy atom. The molecule has 1 aromatic rings. The van der Waals surface area contributed by atoms with Crippen LogP contribution in [0.5, 0.6) is 0 Å². The molecule has 0 aliphatic carbocycles. The highest BCUT2D eigenvalue weighted by Crippen LogP contribution is 2.31. The van der Waals surface area contributed by atoms with E-state index in [1.54, 1.807) is 13.8 Å². The molecule has 6 heteroatoms. The molecule has 0 heterocycles. The van der Waals surface area contributed by atoms with E-state index in [-0.39, 0.29) is 17.4 Å². The lowest BCUT2D eigenvalue weighted by Crippen LogP contribution is -2.36. The second-order valence-corrected chi connectivity index (χ2v) is 5.72. The second kappa shape index (κ2) is 5.33. The number of halogens is 3. The van der Waals surface area contributed by atoms with Crippen LogP contribution in [0, 0.1) is 5.82 Å². The molecule has 0 bridgehead atoms. The van der Waals surface area contributed by atoms with Gasteiger partial charge < -0.3 is 11.1 Å². The van der Waals surface area contributed by atoms with Crippen molar-refractivity contribution in [2.45, 2.75) is 25.8 Å². The van der Waals surface area contributed by atoms with Crippen LogP contribution in [0.25, 0.3) is 0 Å². The molecule has 0 spiro atoms. The summed E-state index contributed by atoms with van der Waals surface area (Å²) in [5.41, 5.74) is 5.47. The molecule has 17 heavy (non-hydrogen) atoms. The minimum Gasteiger partial charge on any atom is -0.325 e. The molecular formula is C11H13BrClFN2O. The number of nitrogens with one attached hydrogen (secondary N) is 1. The fraction of sp³-hybridized carbons (Fsp3) is 0.364. The van der Waals surface area contributed by atoms with Crippen LogP contribution < -0.4 is 11.1 Å². The number of hydrogen-bond acceptors (Lipinski definition) is 2. The normalized spacial score (nSPS) is 11.4. The number of anilines is 1. The lowest BCUT2D eigenvalue weighted by Gasteiger charge is -2.18. The maximum absolute atomic E-state index is 13.0. The Morgan fingerprint density at radius 1 is 1.59 bits per heavy atom. The molecule has 0 saturated carbocycles. The Hall–Kier alpha value is -0.650. The lowest BCUT2D eigenvalue weighted by atomic mass is 10.0. The third kappa shape index (κ3) is 4.61. The van der Waals surface area contributed by atoms with Gasteiger partial charge in [-0.1, -0.05) is 11.6 Å². The van der Waals surface area contributed by atoms with Crippen LogP contribution in [-0.2, 0) is 4.79 Å². The van der Waals surface area contributed by atoms with Crippen molar-refractivity contribution in [2.24, 2.45) is 5.73 Å². The minimum absolute atomic E-state index is 0.139. The maximum Gasteiger partial charge on any atom is 0.226 e. The van der Waals surface area contributed by atoms with Crippen LogP contribution in [0.3, 0.4) is 0 Å². The molecule has 1 amide bonds. The van der Waals surface area contributed by atoms with Gasteiger partial charge in [-0.25, -0.2) is 4.39 Å². The number of rotatable bonds is 3. The predicted molar refractivity (Wildman–Crippen MR) is 70.6 cm³/mol. The largest absolute Gasteiger partial charge is 0.325 e. The summed E-state index contributed by atoms with van der Waals surface area (Å²) in [6.45, 7) is 3.49. The Labute approximate surface area is 113 Å². The Kier molecular flexibility index (Phi) is 4.52. The van der Waals surface area contributed by atoms with E-state index in [0.29, 0.717) is 10.2 Å². The first-order valence-corrected chi connectivity index (χ1v) is 6.09.